The van der Waals surface area contributed by atoms with E-state index in [0.717, 1.165) is 0 Å². The van der Waals surface area contributed by atoms with Gasteiger partial charge in [-0.2, -0.15) is 0 Å². The average Bonchev–Trinajstić information content (AvgIpc) is 2.82. The van der Waals surface area contributed by atoms with Crippen LogP contribution < -0.4 is 16.0 Å². The zero-order valence-electron chi connectivity index (χ0n) is 11.3. The fourth-order valence-corrected chi connectivity index (χ4v) is 1.80. The van der Waals surface area contributed by atoms with Crippen LogP contribution in [0, 0.1) is 11.8 Å². The number of hydrogen-bond donors (Lipinski definition) is 3. The summed E-state index contributed by atoms with van der Waals surface area (Å²) in [6, 6.07) is 0.0789. The first-order chi connectivity index (χ1) is 8.56. The largest absolute Gasteiger partial charge is 0.379 e. The molecule has 18 heavy (non-hydrogen) atoms. The third kappa shape index (κ3) is 4.27. The standard InChI is InChI=1S/C12H23N3O3/c1-8(2)11(16)14-4-5-15-12(17)9-6-18-7-10(9)13-3/h8-10,13H,4-7H2,1-3H3,(H,14,16)(H,15,17). The Labute approximate surface area is 108 Å². The van der Waals surface area contributed by atoms with Crippen molar-refractivity contribution in [1.82, 2.24) is 16.0 Å². The minimum atomic E-state index is -0.143. The third-order valence-corrected chi connectivity index (χ3v) is 3.04. The lowest BCUT2D eigenvalue weighted by molar-refractivity contribution is -0.126. The minimum Gasteiger partial charge on any atom is -0.379 e. The lowest BCUT2D eigenvalue weighted by atomic mass is 10.0. The highest BCUT2D eigenvalue weighted by molar-refractivity contribution is 5.80. The van der Waals surface area contributed by atoms with Gasteiger partial charge in [0, 0.05) is 25.0 Å². The van der Waals surface area contributed by atoms with E-state index in [4.69, 9.17) is 4.74 Å². The molecule has 0 aromatic heterocycles. The summed E-state index contributed by atoms with van der Waals surface area (Å²) >= 11 is 0. The molecule has 1 heterocycles. The van der Waals surface area contributed by atoms with Gasteiger partial charge in [-0.1, -0.05) is 13.8 Å². The zero-order chi connectivity index (χ0) is 13.5. The number of carbonyl (C=O) groups is 2. The van der Waals surface area contributed by atoms with E-state index in [1.807, 2.05) is 20.9 Å². The van der Waals surface area contributed by atoms with Gasteiger partial charge in [-0.25, -0.2) is 0 Å². The first-order valence-corrected chi connectivity index (χ1v) is 6.36. The van der Waals surface area contributed by atoms with Crippen molar-refractivity contribution in [3.05, 3.63) is 0 Å². The summed E-state index contributed by atoms with van der Waals surface area (Å²) in [6.45, 7) is 5.60. The van der Waals surface area contributed by atoms with Crippen LogP contribution in [0.2, 0.25) is 0 Å². The molecule has 0 spiro atoms. The predicted molar refractivity (Wildman–Crippen MR) is 68.0 cm³/mol. The zero-order valence-corrected chi connectivity index (χ0v) is 11.3. The van der Waals surface area contributed by atoms with E-state index in [2.05, 4.69) is 16.0 Å². The fraction of sp³-hybridized carbons (Fsp3) is 0.833. The summed E-state index contributed by atoms with van der Waals surface area (Å²) in [5.41, 5.74) is 0. The van der Waals surface area contributed by atoms with Crippen molar-refractivity contribution < 1.29 is 14.3 Å². The second kappa shape index (κ2) is 7.33. The van der Waals surface area contributed by atoms with Crippen LogP contribution >= 0.6 is 0 Å². The van der Waals surface area contributed by atoms with Gasteiger partial charge < -0.3 is 20.7 Å². The molecule has 104 valence electrons. The van der Waals surface area contributed by atoms with Gasteiger partial charge in [0.05, 0.1) is 19.1 Å². The number of likely N-dealkylation sites (N-methyl/N-ethyl adjacent to an activating group) is 1. The van der Waals surface area contributed by atoms with Crippen LogP contribution in [-0.4, -0.2) is 51.2 Å². The number of carbonyl (C=O) groups excluding carboxylic acids is 2. The molecule has 6 heteroatoms. The molecule has 1 aliphatic rings. The van der Waals surface area contributed by atoms with E-state index in [1.165, 1.54) is 0 Å². The molecule has 1 saturated heterocycles. The van der Waals surface area contributed by atoms with Crippen molar-refractivity contribution in [2.75, 3.05) is 33.4 Å². The van der Waals surface area contributed by atoms with Crippen molar-refractivity contribution in [3.8, 4) is 0 Å². The Morgan fingerprint density at radius 3 is 2.50 bits per heavy atom. The second-order valence-electron chi connectivity index (χ2n) is 4.78. The van der Waals surface area contributed by atoms with Crippen molar-refractivity contribution in [2.24, 2.45) is 11.8 Å². The van der Waals surface area contributed by atoms with Crippen LogP contribution in [0.5, 0.6) is 0 Å². The van der Waals surface area contributed by atoms with Crippen LogP contribution in [-0.2, 0) is 14.3 Å². The van der Waals surface area contributed by atoms with Gasteiger partial charge in [0.15, 0.2) is 0 Å². The van der Waals surface area contributed by atoms with Gasteiger partial charge in [-0.3, -0.25) is 9.59 Å². The van der Waals surface area contributed by atoms with Gasteiger partial charge in [0.2, 0.25) is 11.8 Å². The summed E-state index contributed by atoms with van der Waals surface area (Å²) < 4.78 is 5.26. The Morgan fingerprint density at radius 2 is 1.89 bits per heavy atom. The Kier molecular flexibility index (Phi) is 6.07. The van der Waals surface area contributed by atoms with Crippen molar-refractivity contribution in [2.45, 2.75) is 19.9 Å². The molecule has 2 amide bonds. The molecule has 0 aromatic rings. The number of rotatable bonds is 6. The molecule has 2 atom stereocenters. The molecule has 0 saturated carbocycles. The van der Waals surface area contributed by atoms with Gasteiger partial charge in [0.25, 0.3) is 0 Å². The maximum atomic E-state index is 11.8. The molecule has 0 bridgehead atoms. The first-order valence-electron chi connectivity index (χ1n) is 6.36. The van der Waals surface area contributed by atoms with Gasteiger partial charge in [0.1, 0.15) is 0 Å². The van der Waals surface area contributed by atoms with E-state index in [1.54, 1.807) is 0 Å². The quantitative estimate of drug-likeness (QED) is 0.539. The number of amides is 2. The van der Waals surface area contributed by atoms with Crippen LogP contribution in [0.15, 0.2) is 0 Å². The van der Waals surface area contributed by atoms with Gasteiger partial charge >= 0.3 is 0 Å². The average molecular weight is 257 g/mol. The van der Waals surface area contributed by atoms with Crippen molar-refractivity contribution >= 4 is 11.8 Å². The second-order valence-corrected chi connectivity index (χ2v) is 4.78. The van der Waals surface area contributed by atoms with E-state index >= 15 is 0 Å². The summed E-state index contributed by atoms with van der Waals surface area (Å²) in [6.07, 6.45) is 0. The lowest BCUT2D eigenvalue weighted by Crippen LogP contribution is -2.44. The molecule has 0 radical (unpaired) electrons. The highest BCUT2D eigenvalue weighted by Gasteiger charge is 2.32. The summed E-state index contributed by atoms with van der Waals surface area (Å²) in [7, 11) is 1.82. The molecular weight excluding hydrogens is 234 g/mol. The molecule has 0 aromatic carbocycles. The maximum absolute atomic E-state index is 11.8. The number of nitrogens with one attached hydrogen (secondary N) is 3. The summed E-state index contributed by atoms with van der Waals surface area (Å²) in [4.78, 5) is 23.1. The smallest absolute Gasteiger partial charge is 0.227 e. The Balaban J connectivity index is 2.19. The monoisotopic (exact) mass is 257 g/mol. The molecule has 6 nitrogen and oxygen atoms in total. The highest BCUT2D eigenvalue weighted by atomic mass is 16.5. The topological polar surface area (TPSA) is 79.5 Å². The summed E-state index contributed by atoms with van der Waals surface area (Å²) in [5, 5.41) is 8.63. The van der Waals surface area contributed by atoms with E-state index in [-0.39, 0.29) is 29.7 Å². The van der Waals surface area contributed by atoms with Gasteiger partial charge in [-0.15, -0.1) is 0 Å². The van der Waals surface area contributed by atoms with Gasteiger partial charge in [-0.05, 0) is 7.05 Å². The van der Waals surface area contributed by atoms with E-state index in [0.29, 0.717) is 26.3 Å². The molecule has 0 aliphatic carbocycles. The van der Waals surface area contributed by atoms with E-state index < -0.39 is 0 Å². The van der Waals surface area contributed by atoms with Crippen LogP contribution in [0.3, 0.4) is 0 Å². The fourth-order valence-electron chi connectivity index (χ4n) is 1.80. The Bertz CT molecular complexity index is 294. The normalized spacial score (nSPS) is 23.1. The molecule has 2 unspecified atom stereocenters. The van der Waals surface area contributed by atoms with E-state index in [9.17, 15) is 9.59 Å². The molecule has 1 rings (SSSR count). The lowest BCUT2D eigenvalue weighted by Gasteiger charge is -2.16. The summed E-state index contributed by atoms with van der Waals surface area (Å²) in [5.74, 6) is -0.194. The Morgan fingerprint density at radius 1 is 1.22 bits per heavy atom. The maximum Gasteiger partial charge on any atom is 0.227 e. The number of ether oxygens (including phenoxy) is 1. The Hall–Kier alpha value is -1.14. The van der Waals surface area contributed by atoms with Crippen LogP contribution in [0.25, 0.3) is 0 Å². The first kappa shape index (κ1) is 14.9. The van der Waals surface area contributed by atoms with Crippen LogP contribution in [0.1, 0.15) is 13.8 Å². The van der Waals surface area contributed by atoms with Crippen LogP contribution in [0.4, 0.5) is 0 Å². The molecule has 3 N–H and O–H groups in total. The minimum absolute atomic E-state index is 0.00144. The third-order valence-electron chi connectivity index (χ3n) is 3.04. The van der Waals surface area contributed by atoms with Crippen molar-refractivity contribution in [1.29, 1.82) is 0 Å². The number of hydrogen-bond acceptors (Lipinski definition) is 4. The molecule has 1 aliphatic heterocycles. The SMILES string of the molecule is CNC1COCC1C(=O)NCCNC(=O)C(C)C. The highest BCUT2D eigenvalue weighted by Crippen LogP contribution is 2.12. The predicted octanol–water partition coefficient (Wildman–Crippen LogP) is -0.891. The molecule has 1 fully saturated rings. The molecular formula is C12H23N3O3. The van der Waals surface area contributed by atoms with Crippen molar-refractivity contribution in [3.63, 3.8) is 0 Å².